The van der Waals surface area contributed by atoms with Crippen LogP contribution in [0.3, 0.4) is 0 Å². The molecule has 0 aromatic heterocycles. The van der Waals surface area contributed by atoms with Crippen LogP contribution in [-0.2, 0) is 0 Å². The molecule has 0 spiro atoms. The van der Waals surface area contributed by atoms with Gasteiger partial charge < -0.3 is 4.90 Å². The summed E-state index contributed by atoms with van der Waals surface area (Å²) in [5, 5.41) is 0. The SMILES string of the molecule is C=C/C=C(/C(C)=C\CC)N(C)CC. The Labute approximate surface area is 82.4 Å². The Morgan fingerprint density at radius 1 is 1.38 bits per heavy atom. The summed E-state index contributed by atoms with van der Waals surface area (Å²) in [4.78, 5) is 2.23. The summed E-state index contributed by atoms with van der Waals surface area (Å²) in [5.74, 6) is 0. The topological polar surface area (TPSA) is 3.24 Å². The first-order valence-electron chi connectivity index (χ1n) is 4.88. The lowest BCUT2D eigenvalue weighted by Gasteiger charge is -2.21. The van der Waals surface area contributed by atoms with E-state index < -0.39 is 0 Å². The molecular formula is C12H21N. The molecule has 74 valence electrons. The van der Waals surface area contributed by atoms with E-state index in [-0.39, 0.29) is 0 Å². The van der Waals surface area contributed by atoms with Crippen molar-refractivity contribution in [3.05, 3.63) is 36.1 Å². The van der Waals surface area contributed by atoms with E-state index in [9.17, 15) is 0 Å². The van der Waals surface area contributed by atoms with Crippen LogP contribution in [0, 0.1) is 0 Å². The molecule has 0 atom stereocenters. The van der Waals surface area contributed by atoms with Crippen LogP contribution in [0.5, 0.6) is 0 Å². The van der Waals surface area contributed by atoms with Crippen LogP contribution in [0.1, 0.15) is 27.2 Å². The number of likely N-dealkylation sites (N-methyl/N-ethyl adjacent to an activating group) is 1. The molecule has 0 N–H and O–H groups in total. The van der Waals surface area contributed by atoms with Crippen molar-refractivity contribution < 1.29 is 0 Å². The minimum atomic E-state index is 1.02. The quantitative estimate of drug-likeness (QED) is 0.585. The lowest BCUT2D eigenvalue weighted by atomic mass is 10.1. The second-order valence-electron chi connectivity index (χ2n) is 3.10. The smallest absolute Gasteiger partial charge is 0.0389 e. The Hall–Kier alpha value is -0.980. The van der Waals surface area contributed by atoms with Crippen molar-refractivity contribution in [3.63, 3.8) is 0 Å². The third-order valence-electron chi connectivity index (χ3n) is 2.08. The summed E-state index contributed by atoms with van der Waals surface area (Å²) < 4.78 is 0. The third-order valence-corrected chi connectivity index (χ3v) is 2.08. The van der Waals surface area contributed by atoms with Crippen LogP contribution < -0.4 is 0 Å². The van der Waals surface area contributed by atoms with Crippen molar-refractivity contribution in [1.29, 1.82) is 0 Å². The highest BCUT2D eigenvalue weighted by molar-refractivity contribution is 5.30. The van der Waals surface area contributed by atoms with Gasteiger partial charge in [-0.1, -0.05) is 25.7 Å². The van der Waals surface area contributed by atoms with Gasteiger partial charge in [-0.25, -0.2) is 0 Å². The van der Waals surface area contributed by atoms with Gasteiger partial charge in [0.2, 0.25) is 0 Å². The Kier molecular flexibility index (Phi) is 6.03. The second kappa shape index (κ2) is 6.53. The first-order chi connectivity index (χ1) is 6.17. The molecule has 0 heterocycles. The fourth-order valence-corrected chi connectivity index (χ4v) is 1.25. The van der Waals surface area contributed by atoms with Gasteiger partial charge in [-0.2, -0.15) is 0 Å². The van der Waals surface area contributed by atoms with E-state index in [1.54, 1.807) is 0 Å². The van der Waals surface area contributed by atoms with Gasteiger partial charge in [0.05, 0.1) is 0 Å². The minimum Gasteiger partial charge on any atom is -0.375 e. The standard InChI is InChI=1S/C12H21N/c1-6-9-11(4)12(10-7-2)13(5)8-3/h7,9-10H,2,6,8H2,1,3-5H3/b11-9-,12-10-. The van der Waals surface area contributed by atoms with Gasteiger partial charge in [-0.3, -0.25) is 0 Å². The molecule has 0 amide bonds. The highest BCUT2D eigenvalue weighted by Crippen LogP contribution is 2.13. The predicted molar refractivity (Wildman–Crippen MR) is 60.6 cm³/mol. The maximum absolute atomic E-state index is 3.73. The fraction of sp³-hybridized carbons (Fsp3) is 0.500. The molecule has 0 unspecified atom stereocenters. The lowest BCUT2D eigenvalue weighted by Crippen LogP contribution is -2.17. The number of rotatable bonds is 5. The monoisotopic (exact) mass is 179 g/mol. The average Bonchev–Trinajstić information content (AvgIpc) is 2.13. The number of hydrogen-bond donors (Lipinski definition) is 0. The molecule has 0 aliphatic carbocycles. The normalized spacial score (nSPS) is 12.9. The van der Waals surface area contributed by atoms with Gasteiger partial charge in [0.1, 0.15) is 0 Å². The predicted octanol–water partition coefficient (Wildman–Crippen LogP) is 3.36. The zero-order valence-electron chi connectivity index (χ0n) is 9.30. The van der Waals surface area contributed by atoms with E-state index in [0.29, 0.717) is 0 Å². The molecule has 1 heteroatoms. The Bertz CT molecular complexity index is 211. The van der Waals surface area contributed by atoms with Gasteiger partial charge >= 0.3 is 0 Å². The Morgan fingerprint density at radius 2 is 2.00 bits per heavy atom. The minimum absolute atomic E-state index is 1.02. The molecule has 0 radical (unpaired) electrons. The maximum atomic E-state index is 3.73. The van der Waals surface area contributed by atoms with E-state index in [1.807, 2.05) is 6.08 Å². The summed E-state index contributed by atoms with van der Waals surface area (Å²) in [7, 11) is 2.10. The van der Waals surface area contributed by atoms with Crippen molar-refractivity contribution in [3.8, 4) is 0 Å². The van der Waals surface area contributed by atoms with Crippen molar-refractivity contribution in [1.82, 2.24) is 4.90 Å². The molecule has 0 aromatic carbocycles. The number of hydrogen-bond acceptors (Lipinski definition) is 1. The molecule has 1 nitrogen and oxygen atoms in total. The lowest BCUT2D eigenvalue weighted by molar-refractivity contribution is 0.449. The van der Waals surface area contributed by atoms with Crippen LogP contribution in [0.2, 0.25) is 0 Å². The van der Waals surface area contributed by atoms with Crippen molar-refractivity contribution in [2.75, 3.05) is 13.6 Å². The third kappa shape index (κ3) is 3.97. The van der Waals surface area contributed by atoms with Crippen LogP contribution in [0.25, 0.3) is 0 Å². The first-order valence-corrected chi connectivity index (χ1v) is 4.88. The highest BCUT2D eigenvalue weighted by Gasteiger charge is 2.02. The van der Waals surface area contributed by atoms with Gasteiger partial charge in [-0.15, -0.1) is 0 Å². The maximum Gasteiger partial charge on any atom is 0.0389 e. The Morgan fingerprint density at radius 3 is 2.38 bits per heavy atom. The van der Waals surface area contributed by atoms with E-state index in [2.05, 4.69) is 51.4 Å². The van der Waals surface area contributed by atoms with Crippen LogP contribution in [0.15, 0.2) is 36.1 Å². The molecule has 0 saturated carbocycles. The first kappa shape index (κ1) is 12.0. The zero-order chi connectivity index (χ0) is 10.3. The van der Waals surface area contributed by atoms with E-state index in [0.717, 1.165) is 13.0 Å². The molecule has 0 aliphatic heterocycles. The van der Waals surface area contributed by atoms with Crippen molar-refractivity contribution in [2.45, 2.75) is 27.2 Å². The summed E-state index contributed by atoms with van der Waals surface area (Å²) in [6, 6.07) is 0. The summed E-state index contributed by atoms with van der Waals surface area (Å²) in [6.07, 6.45) is 7.22. The van der Waals surface area contributed by atoms with Crippen molar-refractivity contribution in [2.24, 2.45) is 0 Å². The van der Waals surface area contributed by atoms with E-state index >= 15 is 0 Å². The molecule has 0 saturated heterocycles. The van der Waals surface area contributed by atoms with Crippen LogP contribution in [0.4, 0.5) is 0 Å². The van der Waals surface area contributed by atoms with Gasteiger partial charge in [0, 0.05) is 19.3 Å². The summed E-state index contributed by atoms with van der Waals surface area (Å²) >= 11 is 0. The largest absolute Gasteiger partial charge is 0.375 e. The molecular weight excluding hydrogens is 158 g/mol. The van der Waals surface area contributed by atoms with Gasteiger partial charge in [0.15, 0.2) is 0 Å². The fourth-order valence-electron chi connectivity index (χ4n) is 1.25. The van der Waals surface area contributed by atoms with E-state index in [4.69, 9.17) is 0 Å². The number of allylic oxidation sites excluding steroid dienone is 4. The molecule has 0 aromatic rings. The molecule has 13 heavy (non-hydrogen) atoms. The highest BCUT2D eigenvalue weighted by atomic mass is 15.1. The summed E-state index contributed by atoms with van der Waals surface area (Å²) in [6.45, 7) is 11.2. The molecule has 0 rings (SSSR count). The van der Waals surface area contributed by atoms with Gasteiger partial charge in [-0.05, 0) is 31.9 Å². The van der Waals surface area contributed by atoms with Crippen LogP contribution >= 0.6 is 0 Å². The number of nitrogens with zero attached hydrogens (tertiary/aromatic N) is 1. The molecule has 0 fully saturated rings. The van der Waals surface area contributed by atoms with E-state index in [1.165, 1.54) is 11.3 Å². The molecule has 0 aliphatic rings. The summed E-state index contributed by atoms with van der Waals surface area (Å²) in [5.41, 5.74) is 2.59. The Balaban J connectivity index is 4.71. The van der Waals surface area contributed by atoms with Crippen LogP contribution in [-0.4, -0.2) is 18.5 Å². The zero-order valence-corrected chi connectivity index (χ0v) is 9.30. The second-order valence-corrected chi connectivity index (χ2v) is 3.10. The average molecular weight is 179 g/mol. The van der Waals surface area contributed by atoms with Crippen molar-refractivity contribution >= 4 is 0 Å². The van der Waals surface area contributed by atoms with Gasteiger partial charge in [0.25, 0.3) is 0 Å². The molecule has 0 bridgehead atoms.